The molecule has 0 radical (unpaired) electrons. The fraction of sp³-hybridized carbons (Fsp3) is 0.263. The molecule has 0 saturated carbocycles. The van der Waals surface area contributed by atoms with Crippen LogP contribution in [0, 0.1) is 0 Å². The second-order valence-electron chi connectivity index (χ2n) is 6.41. The number of halogens is 5. The molecular weight excluding hydrogens is 446 g/mol. The molecule has 1 heterocycles. The van der Waals surface area contributed by atoms with Gasteiger partial charge in [-0.05, 0) is 36.2 Å². The third-order valence-electron chi connectivity index (χ3n) is 4.47. The summed E-state index contributed by atoms with van der Waals surface area (Å²) in [6.07, 6.45) is -3.26. The zero-order valence-electron chi connectivity index (χ0n) is 15.4. The lowest BCUT2D eigenvalue weighted by atomic mass is 10.0. The van der Waals surface area contributed by atoms with E-state index in [0.717, 1.165) is 6.07 Å². The highest BCUT2D eigenvalue weighted by Gasteiger charge is 2.35. The Morgan fingerprint density at radius 1 is 1.33 bits per heavy atom. The molecule has 2 unspecified atom stereocenters. The quantitative estimate of drug-likeness (QED) is 0.368. The van der Waals surface area contributed by atoms with E-state index in [2.05, 4.69) is 15.3 Å². The summed E-state index contributed by atoms with van der Waals surface area (Å²) < 4.78 is 44.9. The van der Waals surface area contributed by atoms with Gasteiger partial charge in [0.05, 0.1) is 41.6 Å². The van der Waals surface area contributed by atoms with Crippen molar-refractivity contribution in [2.75, 3.05) is 12.4 Å². The van der Waals surface area contributed by atoms with Gasteiger partial charge in [0.15, 0.2) is 0 Å². The summed E-state index contributed by atoms with van der Waals surface area (Å²) in [6, 6.07) is 5.34. The minimum Gasteiger partial charge on any atom is -0.465 e. The van der Waals surface area contributed by atoms with E-state index in [1.165, 1.54) is 31.6 Å². The van der Waals surface area contributed by atoms with E-state index >= 15 is 0 Å². The number of hydrogen-bond donors (Lipinski definition) is 3. The molecule has 3 aromatic rings. The predicted octanol–water partition coefficient (Wildman–Crippen LogP) is 4.60. The largest absolute Gasteiger partial charge is 0.465 e. The fourth-order valence-corrected chi connectivity index (χ4v) is 3.39. The van der Waals surface area contributed by atoms with Crippen molar-refractivity contribution in [1.82, 2.24) is 9.97 Å². The number of nitrogens with zero attached hydrogens (tertiary/aromatic N) is 1. The SMILES string of the molecule is COC(=O)c1ccc(CC(Nc2ccc(Cl)cc2C(F)(F)F)C(O)Cl)c2nc[nH]c12. The summed E-state index contributed by atoms with van der Waals surface area (Å²) >= 11 is 11.6. The molecule has 0 aliphatic carbocycles. The molecule has 6 nitrogen and oxygen atoms in total. The van der Waals surface area contributed by atoms with E-state index in [1.807, 2.05) is 0 Å². The highest BCUT2D eigenvalue weighted by atomic mass is 35.5. The van der Waals surface area contributed by atoms with Gasteiger partial charge in [-0.1, -0.05) is 29.3 Å². The summed E-state index contributed by atoms with van der Waals surface area (Å²) in [5, 5.41) is 12.5. The third-order valence-corrected chi connectivity index (χ3v) is 5.01. The Balaban J connectivity index is 1.95. The van der Waals surface area contributed by atoms with Crippen molar-refractivity contribution in [3.8, 4) is 0 Å². The first-order chi connectivity index (χ1) is 14.1. The lowest BCUT2D eigenvalue weighted by Gasteiger charge is -2.24. The number of methoxy groups -OCH3 is 1. The molecular formula is C19H16Cl2F3N3O3. The van der Waals surface area contributed by atoms with Gasteiger partial charge in [-0.3, -0.25) is 0 Å². The summed E-state index contributed by atoms with van der Waals surface area (Å²) in [6.45, 7) is 0. The molecule has 1 aromatic heterocycles. The number of fused-ring (bicyclic) bond motifs is 1. The van der Waals surface area contributed by atoms with Crippen LogP contribution in [0.1, 0.15) is 21.5 Å². The number of imidazole rings is 1. The zero-order valence-corrected chi connectivity index (χ0v) is 16.9. The number of rotatable bonds is 6. The Morgan fingerprint density at radius 3 is 2.70 bits per heavy atom. The summed E-state index contributed by atoms with van der Waals surface area (Å²) in [7, 11) is 1.24. The van der Waals surface area contributed by atoms with Crippen LogP contribution in [0.5, 0.6) is 0 Å². The average molecular weight is 462 g/mol. The standard InChI is InChI=1S/C19H16Cl2F3N3O3/c1-30-18(29)11-4-2-9(15-16(11)26-8-25-15)6-14(17(21)28)27-13-5-3-10(20)7-12(13)19(22,23)24/h2-5,7-8,14,17,27-28H,6H2,1H3,(H,25,26). The van der Waals surface area contributed by atoms with E-state index in [0.29, 0.717) is 16.6 Å². The van der Waals surface area contributed by atoms with E-state index in [-0.39, 0.29) is 22.7 Å². The topological polar surface area (TPSA) is 87.2 Å². The van der Waals surface area contributed by atoms with Gasteiger partial charge in [0.1, 0.15) is 5.56 Å². The number of ether oxygens (including phenoxy) is 1. The van der Waals surface area contributed by atoms with E-state index in [1.54, 1.807) is 6.07 Å². The monoisotopic (exact) mass is 461 g/mol. The van der Waals surface area contributed by atoms with Crippen LogP contribution in [0.15, 0.2) is 36.7 Å². The number of esters is 1. The molecule has 0 aliphatic rings. The van der Waals surface area contributed by atoms with Crippen molar-refractivity contribution < 1.29 is 27.8 Å². The third kappa shape index (κ3) is 4.63. The van der Waals surface area contributed by atoms with Gasteiger partial charge in [0, 0.05) is 10.7 Å². The van der Waals surface area contributed by atoms with Crippen molar-refractivity contribution in [2.24, 2.45) is 0 Å². The molecule has 3 N–H and O–H groups in total. The van der Waals surface area contributed by atoms with Crippen LogP contribution < -0.4 is 5.32 Å². The predicted molar refractivity (Wildman–Crippen MR) is 107 cm³/mol. The molecule has 0 saturated heterocycles. The Morgan fingerprint density at radius 2 is 2.07 bits per heavy atom. The maximum Gasteiger partial charge on any atom is 0.418 e. The Hall–Kier alpha value is -2.49. The lowest BCUT2D eigenvalue weighted by Crippen LogP contribution is -2.33. The smallest absolute Gasteiger partial charge is 0.418 e. The lowest BCUT2D eigenvalue weighted by molar-refractivity contribution is -0.137. The van der Waals surface area contributed by atoms with E-state index in [9.17, 15) is 23.1 Å². The number of carbonyl (C=O) groups excluding carboxylic acids is 1. The highest BCUT2D eigenvalue weighted by Crippen LogP contribution is 2.37. The second kappa shape index (κ2) is 8.71. The number of benzene rings is 2. The molecule has 0 amide bonds. The maximum absolute atomic E-state index is 13.4. The van der Waals surface area contributed by atoms with Crippen LogP contribution in [0.4, 0.5) is 18.9 Å². The Bertz CT molecular complexity index is 1070. The molecule has 30 heavy (non-hydrogen) atoms. The number of anilines is 1. The number of hydrogen-bond acceptors (Lipinski definition) is 5. The molecule has 11 heteroatoms. The average Bonchev–Trinajstić information content (AvgIpc) is 3.17. The molecule has 0 fully saturated rings. The first-order valence-electron chi connectivity index (χ1n) is 8.60. The molecule has 0 aliphatic heterocycles. The molecule has 0 bridgehead atoms. The Labute approximate surface area is 179 Å². The number of carbonyl (C=O) groups is 1. The van der Waals surface area contributed by atoms with Crippen LogP contribution >= 0.6 is 23.2 Å². The first-order valence-corrected chi connectivity index (χ1v) is 9.42. The van der Waals surface area contributed by atoms with Crippen LogP contribution in [0.3, 0.4) is 0 Å². The van der Waals surface area contributed by atoms with Crippen molar-refractivity contribution in [3.05, 3.63) is 58.4 Å². The van der Waals surface area contributed by atoms with Gasteiger partial charge < -0.3 is 20.1 Å². The highest BCUT2D eigenvalue weighted by molar-refractivity contribution is 6.30. The van der Waals surface area contributed by atoms with Crippen LogP contribution in [-0.4, -0.2) is 39.8 Å². The second-order valence-corrected chi connectivity index (χ2v) is 7.29. The number of alkyl halides is 4. The number of aliphatic hydroxyl groups excluding tert-OH is 1. The number of aromatic amines is 1. The molecule has 3 rings (SSSR count). The normalized spacial score (nSPS) is 13.8. The summed E-state index contributed by atoms with van der Waals surface area (Å²) in [5.41, 5.74) is -1.15. The van der Waals surface area contributed by atoms with Crippen molar-refractivity contribution in [3.63, 3.8) is 0 Å². The van der Waals surface area contributed by atoms with Gasteiger partial charge in [0.25, 0.3) is 0 Å². The van der Waals surface area contributed by atoms with Crippen LogP contribution in [-0.2, 0) is 17.3 Å². The number of nitrogens with one attached hydrogen (secondary N) is 2. The minimum absolute atomic E-state index is 0.0212. The summed E-state index contributed by atoms with van der Waals surface area (Å²) in [4.78, 5) is 18.9. The number of aromatic nitrogens is 2. The van der Waals surface area contributed by atoms with Gasteiger partial charge in [-0.15, -0.1) is 0 Å². The molecule has 0 spiro atoms. The maximum atomic E-state index is 13.4. The van der Waals surface area contributed by atoms with Crippen molar-refractivity contribution in [1.29, 1.82) is 0 Å². The van der Waals surface area contributed by atoms with Crippen LogP contribution in [0.2, 0.25) is 5.02 Å². The number of H-pyrrole nitrogens is 1. The van der Waals surface area contributed by atoms with Crippen LogP contribution in [0.25, 0.3) is 11.0 Å². The summed E-state index contributed by atoms with van der Waals surface area (Å²) in [5.74, 6) is -0.571. The Kier molecular flexibility index (Phi) is 6.44. The minimum atomic E-state index is -4.66. The van der Waals surface area contributed by atoms with Gasteiger partial charge in [-0.25, -0.2) is 9.78 Å². The molecule has 2 atom stereocenters. The first kappa shape index (κ1) is 22.2. The van der Waals surface area contributed by atoms with Crippen molar-refractivity contribution >= 4 is 45.9 Å². The van der Waals surface area contributed by atoms with Crippen molar-refractivity contribution in [2.45, 2.75) is 24.2 Å². The fourth-order valence-electron chi connectivity index (χ4n) is 3.06. The van der Waals surface area contributed by atoms with Gasteiger partial charge >= 0.3 is 12.1 Å². The van der Waals surface area contributed by atoms with E-state index in [4.69, 9.17) is 27.9 Å². The van der Waals surface area contributed by atoms with Gasteiger partial charge in [0.2, 0.25) is 0 Å². The van der Waals surface area contributed by atoms with E-state index < -0.39 is 29.3 Å². The zero-order chi connectivity index (χ0) is 22.1. The number of aliphatic hydroxyl groups is 1. The van der Waals surface area contributed by atoms with Gasteiger partial charge in [-0.2, -0.15) is 13.2 Å². The molecule has 160 valence electrons. The molecule has 2 aromatic carbocycles.